The number of halogens is 2. The van der Waals surface area contributed by atoms with Gasteiger partial charge < -0.3 is 4.74 Å². The average molecular weight is 276 g/mol. The molecule has 0 saturated carbocycles. The Morgan fingerprint density at radius 3 is 2.26 bits per heavy atom. The van der Waals surface area contributed by atoms with E-state index in [-0.39, 0.29) is 12.1 Å². The van der Waals surface area contributed by atoms with Gasteiger partial charge in [0.15, 0.2) is 0 Å². The van der Waals surface area contributed by atoms with Crippen LogP contribution in [0.2, 0.25) is 0 Å². The summed E-state index contributed by atoms with van der Waals surface area (Å²) in [6, 6.07) is 0.00742. The lowest BCUT2D eigenvalue weighted by atomic mass is 9.96. The number of amides is 1. The fourth-order valence-corrected chi connectivity index (χ4v) is 3.01. The van der Waals surface area contributed by atoms with Crippen LogP contribution < -0.4 is 0 Å². The predicted octanol–water partition coefficient (Wildman–Crippen LogP) is 1.55. The molecule has 2 saturated heterocycles. The van der Waals surface area contributed by atoms with Gasteiger partial charge in [-0.3, -0.25) is 14.6 Å². The number of carbonyl (C=O) groups is 1. The summed E-state index contributed by atoms with van der Waals surface area (Å²) in [4.78, 5) is 15.2. The van der Waals surface area contributed by atoms with Gasteiger partial charge in [-0.25, -0.2) is 0 Å². The van der Waals surface area contributed by atoms with Gasteiger partial charge in [-0.2, -0.15) is 8.78 Å². The van der Waals surface area contributed by atoms with Crippen molar-refractivity contribution in [1.29, 1.82) is 0 Å². The van der Waals surface area contributed by atoms with Crippen LogP contribution in [0.15, 0.2) is 0 Å². The zero-order valence-corrected chi connectivity index (χ0v) is 11.8. The first-order valence-electron chi connectivity index (χ1n) is 6.82. The van der Waals surface area contributed by atoms with E-state index in [1.54, 1.807) is 13.8 Å². The SMILES string of the molecule is CC(C)N1CC(C(=O)N(C(C)C)C(F)F)C2OCC21. The van der Waals surface area contributed by atoms with E-state index in [4.69, 9.17) is 4.74 Å². The van der Waals surface area contributed by atoms with Crippen molar-refractivity contribution in [3.63, 3.8) is 0 Å². The third-order valence-corrected chi connectivity index (χ3v) is 4.07. The zero-order valence-electron chi connectivity index (χ0n) is 11.8. The molecule has 3 atom stereocenters. The van der Waals surface area contributed by atoms with E-state index in [1.165, 1.54) is 0 Å². The largest absolute Gasteiger partial charge is 0.374 e. The van der Waals surface area contributed by atoms with Crippen LogP contribution in [0.1, 0.15) is 27.7 Å². The highest BCUT2D eigenvalue weighted by molar-refractivity contribution is 5.80. The topological polar surface area (TPSA) is 32.8 Å². The predicted molar refractivity (Wildman–Crippen MR) is 66.8 cm³/mol. The van der Waals surface area contributed by atoms with Crippen LogP contribution in [-0.2, 0) is 9.53 Å². The fraction of sp³-hybridized carbons (Fsp3) is 0.923. The van der Waals surface area contributed by atoms with Crippen molar-refractivity contribution in [2.45, 2.75) is 58.5 Å². The molecule has 4 nitrogen and oxygen atoms in total. The second-order valence-electron chi connectivity index (χ2n) is 5.88. The van der Waals surface area contributed by atoms with Crippen molar-refractivity contribution in [3.8, 4) is 0 Å². The molecule has 0 aromatic rings. The monoisotopic (exact) mass is 276 g/mol. The molecule has 0 aromatic heterocycles. The van der Waals surface area contributed by atoms with Crippen molar-refractivity contribution in [2.24, 2.45) is 5.92 Å². The summed E-state index contributed by atoms with van der Waals surface area (Å²) in [6.45, 7) is 5.69. The van der Waals surface area contributed by atoms with E-state index in [1.807, 2.05) is 0 Å². The van der Waals surface area contributed by atoms with Gasteiger partial charge in [-0.05, 0) is 27.7 Å². The van der Waals surface area contributed by atoms with Crippen LogP contribution in [0.25, 0.3) is 0 Å². The minimum absolute atomic E-state index is 0.209. The van der Waals surface area contributed by atoms with Crippen molar-refractivity contribution < 1.29 is 18.3 Å². The molecule has 0 bridgehead atoms. The van der Waals surface area contributed by atoms with Crippen LogP contribution in [0, 0.1) is 5.92 Å². The van der Waals surface area contributed by atoms with E-state index in [0.717, 1.165) is 0 Å². The normalized spacial score (nSPS) is 30.9. The van der Waals surface area contributed by atoms with E-state index in [2.05, 4.69) is 18.7 Å². The first-order chi connectivity index (χ1) is 8.84. The molecule has 110 valence electrons. The molecule has 2 rings (SSSR count). The molecule has 2 aliphatic heterocycles. The van der Waals surface area contributed by atoms with Gasteiger partial charge in [-0.1, -0.05) is 0 Å². The summed E-state index contributed by atoms with van der Waals surface area (Å²) >= 11 is 0. The van der Waals surface area contributed by atoms with Crippen molar-refractivity contribution in [2.75, 3.05) is 13.2 Å². The van der Waals surface area contributed by atoms with E-state index >= 15 is 0 Å². The molecule has 1 amide bonds. The van der Waals surface area contributed by atoms with Crippen molar-refractivity contribution in [3.05, 3.63) is 0 Å². The minimum Gasteiger partial charge on any atom is -0.374 e. The number of alkyl halides is 2. The lowest BCUT2D eigenvalue weighted by Gasteiger charge is -2.39. The van der Waals surface area contributed by atoms with Crippen molar-refractivity contribution >= 4 is 5.91 Å². The van der Waals surface area contributed by atoms with Crippen molar-refractivity contribution in [1.82, 2.24) is 9.80 Å². The Hall–Kier alpha value is -0.750. The minimum atomic E-state index is -2.75. The highest BCUT2D eigenvalue weighted by Gasteiger charge is 2.53. The van der Waals surface area contributed by atoms with Crippen LogP contribution in [0.3, 0.4) is 0 Å². The Labute approximate surface area is 112 Å². The van der Waals surface area contributed by atoms with E-state index < -0.39 is 24.4 Å². The van der Waals surface area contributed by atoms with Crippen LogP contribution in [-0.4, -0.2) is 59.6 Å². The third-order valence-electron chi connectivity index (χ3n) is 4.07. The lowest BCUT2D eigenvalue weighted by Crippen LogP contribution is -2.54. The fourth-order valence-electron chi connectivity index (χ4n) is 3.01. The number of fused-ring (bicyclic) bond motifs is 1. The molecule has 19 heavy (non-hydrogen) atoms. The number of rotatable bonds is 4. The Kier molecular flexibility index (Phi) is 4.11. The molecule has 2 aliphatic rings. The smallest absolute Gasteiger partial charge is 0.317 e. The maximum absolute atomic E-state index is 13.0. The van der Waals surface area contributed by atoms with Gasteiger partial charge in [0, 0.05) is 18.6 Å². The average Bonchev–Trinajstić information content (AvgIpc) is 2.48. The molecule has 0 N–H and O–H groups in total. The summed E-state index contributed by atoms with van der Waals surface area (Å²) < 4.78 is 31.4. The Balaban J connectivity index is 2.12. The molecule has 2 fully saturated rings. The maximum atomic E-state index is 13.0. The highest BCUT2D eigenvalue weighted by Crippen LogP contribution is 2.36. The molecular formula is C13H22F2N2O2. The third kappa shape index (κ3) is 2.48. The van der Waals surface area contributed by atoms with Gasteiger partial charge in [0.2, 0.25) is 5.91 Å². The van der Waals surface area contributed by atoms with Gasteiger partial charge in [0.1, 0.15) is 0 Å². The number of nitrogens with zero attached hydrogens (tertiary/aromatic N) is 2. The Bertz CT molecular complexity index is 342. The summed E-state index contributed by atoms with van der Waals surface area (Å²) in [5.41, 5.74) is 0. The molecule has 0 radical (unpaired) electrons. The summed E-state index contributed by atoms with van der Waals surface area (Å²) in [7, 11) is 0. The lowest BCUT2D eigenvalue weighted by molar-refractivity contribution is -0.164. The Morgan fingerprint density at radius 2 is 1.95 bits per heavy atom. The second kappa shape index (κ2) is 5.32. The summed E-state index contributed by atoms with van der Waals surface area (Å²) in [5, 5.41) is 0. The van der Waals surface area contributed by atoms with Gasteiger partial charge in [0.25, 0.3) is 0 Å². The van der Waals surface area contributed by atoms with Crippen LogP contribution in [0.5, 0.6) is 0 Å². The van der Waals surface area contributed by atoms with Gasteiger partial charge in [-0.15, -0.1) is 0 Å². The molecule has 0 aromatic carbocycles. The van der Waals surface area contributed by atoms with Crippen LogP contribution >= 0.6 is 0 Å². The molecular weight excluding hydrogens is 254 g/mol. The number of hydrogen-bond donors (Lipinski definition) is 0. The summed E-state index contributed by atoms with van der Waals surface area (Å²) in [6.07, 6.45) is -0.213. The van der Waals surface area contributed by atoms with E-state index in [0.29, 0.717) is 24.1 Å². The second-order valence-corrected chi connectivity index (χ2v) is 5.88. The number of carbonyl (C=O) groups excluding carboxylic acids is 1. The number of likely N-dealkylation sites (tertiary alicyclic amines) is 1. The zero-order chi connectivity index (χ0) is 14.3. The first-order valence-corrected chi connectivity index (χ1v) is 6.82. The highest BCUT2D eigenvalue weighted by atomic mass is 19.3. The quantitative estimate of drug-likeness (QED) is 0.730. The van der Waals surface area contributed by atoms with Gasteiger partial charge >= 0.3 is 6.55 Å². The van der Waals surface area contributed by atoms with E-state index in [9.17, 15) is 13.6 Å². The first kappa shape index (κ1) is 14.7. The molecule has 3 unspecified atom stereocenters. The standard InChI is InChI=1S/C13H22F2N2O2/c1-7(2)16-5-9(11-10(16)6-19-11)12(18)17(8(3)4)13(14)15/h7-11,13H,5-6H2,1-4H3. The molecule has 0 aliphatic carbocycles. The molecule has 6 heteroatoms. The molecule has 0 spiro atoms. The van der Waals surface area contributed by atoms with Crippen LogP contribution in [0.4, 0.5) is 8.78 Å². The maximum Gasteiger partial charge on any atom is 0.317 e. The number of hydrogen-bond acceptors (Lipinski definition) is 3. The Morgan fingerprint density at radius 1 is 1.32 bits per heavy atom. The molecule has 2 heterocycles. The van der Waals surface area contributed by atoms with Gasteiger partial charge in [0.05, 0.1) is 24.7 Å². The summed E-state index contributed by atoms with van der Waals surface area (Å²) in [5.74, 6) is -0.944. The number of ether oxygens (including phenoxy) is 1.